The molecule has 8 nitrogen and oxygen atoms in total. The van der Waals surface area contributed by atoms with E-state index in [0.29, 0.717) is 13.1 Å². The zero-order valence-corrected chi connectivity index (χ0v) is 15.5. The molecule has 0 saturated carbocycles. The number of benzene rings is 1. The van der Waals surface area contributed by atoms with Crippen molar-refractivity contribution in [3.8, 4) is 6.07 Å². The number of rotatable bonds is 7. The fourth-order valence-electron chi connectivity index (χ4n) is 2.42. The SMILES string of the molecule is N#CCCNC(=O)COC(=O)c1ccc(Cl)c(S(=O)(=O)N2CCCC2)c1. The zero-order valence-electron chi connectivity index (χ0n) is 13.9. The van der Waals surface area contributed by atoms with Crippen LogP contribution in [0.2, 0.25) is 5.02 Å². The van der Waals surface area contributed by atoms with Crippen LogP contribution in [-0.2, 0) is 19.6 Å². The Kier molecular flexibility index (Phi) is 6.97. The third kappa shape index (κ3) is 4.94. The summed E-state index contributed by atoms with van der Waals surface area (Å²) in [4.78, 5) is 23.4. The zero-order chi connectivity index (χ0) is 19.2. The van der Waals surface area contributed by atoms with Gasteiger partial charge in [-0.05, 0) is 31.0 Å². The van der Waals surface area contributed by atoms with E-state index in [4.69, 9.17) is 21.6 Å². The van der Waals surface area contributed by atoms with Gasteiger partial charge in [-0.25, -0.2) is 13.2 Å². The van der Waals surface area contributed by atoms with Gasteiger partial charge >= 0.3 is 5.97 Å². The van der Waals surface area contributed by atoms with E-state index >= 15 is 0 Å². The summed E-state index contributed by atoms with van der Waals surface area (Å²) in [5, 5.41) is 10.8. The Balaban J connectivity index is 2.07. The van der Waals surface area contributed by atoms with E-state index in [9.17, 15) is 18.0 Å². The summed E-state index contributed by atoms with van der Waals surface area (Å²) < 4.78 is 31.5. The monoisotopic (exact) mass is 399 g/mol. The molecule has 1 amide bonds. The fourth-order valence-corrected chi connectivity index (χ4v) is 4.44. The van der Waals surface area contributed by atoms with Gasteiger partial charge < -0.3 is 10.1 Å². The molecule has 1 aliphatic heterocycles. The van der Waals surface area contributed by atoms with E-state index in [1.807, 2.05) is 6.07 Å². The lowest BCUT2D eigenvalue weighted by atomic mass is 10.2. The molecule has 0 aromatic heterocycles. The molecule has 10 heteroatoms. The summed E-state index contributed by atoms with van der Waals surface area (Å²) in [7, 11) is -3.79. The molecule has 0 bridgehead atoms. The Morgan fingerprint density at radius 2 is 2.00 bits per heavy atom. The van der Waals surface area contributed by atoms with E-state index in [0.717, 1.165) is 18.9 Å². The first-order valence-electron chi connectivity index (χ1n) is 7.96. The molecule has 1 heterocycles. The van der Waals surface area contributed by atoms with Gasteiger partial charge in [-0.15, -0.1) is 0 Å². The van der Waals surface area contributed by atoms with Crippen molar-refractivity contribution >= 4 is 33.5 Å². The van der Waals surface area contributed by atoms with Gasteiger partial charge in [-0.3, -0.25) is 4.79 Å². The van der Waals surface area contributed by atoms with Gasteiger partial charge in [0, 0.05) is 19.6 Å². The van der Waals surface area contributed by atoms with Gasteiger partial charge in [0.2, 0.25) is 10.0 Å². The molecule has 1 saturated heterocycles. The van der Waals surface area contributed by atoms with Gasteiger partial charge in [0.1, 0.15) is 4.90 Å². The maximum absolute atomic E-state index is 12.6. The van der Waals surface area contributed by atoms with Gasteiger partial charge in [-0.1, -0.05) is 11.6 Å². The highest BCUT2D eigenvalue weighted by atomic mass is 35.5. The van der Waals surface area contributed by atoms with E-state index < -0.39 is 28.5 Å². The van der Waals surface area contributed by atoms with Crippen LogP contribution in [0.3, 0.4) is 0 Å². The number of amides is 1. The second-order valence-electron chi connectivity index (χ2n) is 5.59. The minimum absolute atomic E-state index is 0.0164. The second-order valence-corrected chi connectivity index (χ2v) is 7.90. The Bertz CT molecular complexity index is 829. The third-order valence-electron chi connectivity index (χ3n) is 3.74. The number of carbonyl (C=O) groups excluding carboxylic acids is 2. The van der Waals surface area contributed by atoms with Crippen LogP contribution in [0, 0.1) is 11.3 Å². The minimum Gasteiger partial charge on any atom is -0.452 e. The molecular formula is C16H18ClN3O5S. The Hall–Kier alpha value is -2.15. The highest BCUT2D eigenvalue weighted by molar-refractivity contribution is 7.89. The molecule has 140 valence electrons. The average Bonchev–Trinajstić information content (AvgIpc) is 3.15. The third-order valence-corrected chi connectivity index (χ3v) is 6.12. The van der Waals surface area contributed by atoms with Crippen molar-refractivity contribution in [3.05, 3.63) is 28.8 Å². The van der Waals surface area contributed by atoms with E-state index in [2.05, 4.69) is 5.32 Å². The maximum Gasteiger partial charge on any atom is 0.338 e. The number of carbonyl (C=O) groups is 2. The largest absolute Gasteiger partial charge is 0.452 e. The first-order valence-corrected chi connectivity index (χ1v) is 9.78. The minimum atomic E-state index is -3.79. The molecule has 1 aromatic carbocycles. The van der Waals surface area contributed by atoms with Crippen LogP contribution in [-0.4, -0.2) is 50.8 Å². The molecule has 0 unspecified atom stereocenters. The van der Waals surface area contributed by atoms with Crippen LogP contribution in [0.25, 0.3) is 0 Å². The van der Waals surface area contributed by atoms with Crippen LogP contribution < -0.4 is 5.32 Å². The molecule has 0 radical (unpaired) electrons. The van der Waals surface area contributed by atoms with Crippen LogP contribution in [0.15, 0.2) is 23.1 Å². The van der Waals surface area contributed by atoms with Crippen molar-refractivity contribution < 1.29 is 22.7 Å². The van der Waals surface area contributed by atoms with Crippen molar-refractivity contribution in [2.24, 2.45) is 0 Å². The molecular weight excluding hydrogens is 382 g/mol. The van der Waals surface area contributed by atoms with E-state index in [1.165, 1.54) is 16.4 Å². The number of sulfonamides is 1. The number of halogens is 1. The van der Waals surface area contributed by atoms with Crippen molar-refractivity contribution in [2.75, 3.05) is 26.2 Å². The van der Waals surface area contributed by atoms with E-state index in [-0.39, 0.29) is 28.4 Å². The van der Waals surface area contributed by atoms with Crippen LogP contribution in [0.1, 0.15) is 29.6 Å². The second kappa shape index (κ2) is 8.98. The first kappa shape index (κ1) is 20.2. The van der Waals surface area contributed by atoms with Gasteiger partial charge in [0.05, 0.1) is 23.1 Å². The summed E-state index contributed by atoms with van der Waals surface area (Å²) in [5.41, 5.74) is -0.0167. The molecule has 26 heavy (non-hydrogen) atoms. The van der Waals surface area contributed by atoms with Crippen LogP contribution in [0.4, 0.5) is 0 Å². The average molecular weight is 400 g/mol. The molecule has 1 N–H and O–H groups in total. The summed E-state index contributed by atoms with van der Waals surface area (Å²) in [5.74, 6) is -1.39. The van der Waals surface area contributed by atoms with Crippen LogP contribution >= 0.6 is 11.6 Å². The van der Waals surface area contributed by atoms with Crippen molar-refractivity contribution in [1.82, 2.24) is 9.62 Å². The summed E-state index contributed by atoms with van der Waals surface area (Å²) in [6, 6.07) is 5.67. The van der Waals surface area contributed by atoms with Gasteiger partial charge in [0.25, 0.3) is 5.91 Å². The number of nitrogens with one attached hydrogen (secondary N) is 1. The van der Waals surface area contributed by atoms with E-state index in [1.54, 1.807) is 0 Å². The summed E-state index contributed by atoms with van der Waals surface area (Å²) in [6.45, 7) is 0.458. The van der Waals surface area contributed by atoms with Gasteiger partial charge in [0.15, 0.2) is 6.61 Å². The molecule has 0 spiro atoms. The van der Waals surface area contributed by atoms with Crippen LogP contribution in [0.5, 0.6) is 0 Å². The normalized spacial score (nSPS) is 14.6. The standard InChI is InChI=1S/C16H18ClN3O5S/c17-13-5-4-12(16(22)25-11-15(21)19-7-3-6-18)10-14(13)26(23,24)20-8-1-2-9-20/h4-5,10H,1-3,7-9,11H2,(H,19,21). The molecule has 1 aliphatic rings. The number of nitriles is 1. The lowest BCUT2D eigenvalue weighted by Gasteiger charge is -2.17. The Labute approximate surface area is 156 Å². The topological polar surface area (TPSA) is 117 Å². The molecule has 1 aromatic rings. The number of hydrogen-bond donors (Lipinski definition) is 1. The van der Waals surface area contributed by atoms with Crippen molar-refractivity contribution in [2.45, 2.75) is 24.2 Å². The molecule has 2 rings (SSSR count). The smallest absolute Gasteiger partial charge is 0.338 e. The number of ether oxygens (including phenoxy) is 1. The Morgan fingerprint density at radius 1 is 1.31 bits per heavy atom. The lowest BCUT2D eigenvalue weighted by molar-refractivity contribution is -0.124. The Morgan fingerprint density at radius 3 is 2.65 bits per heavy atom. The number of hydrogen-bond acceptors (Lipinski definition) is 6. The molecule has 0 aliphatic carbocycles. The molecule has 0 atom stereocenters. The molecule has 1 fully saturated rings. The fraction of sp³-hybridized carbons (Fsp3) is 0.438. The number of esters is 1. The maximum atomic E-state index is 12.6. The highest BCUT2D eigenvalue weighted by Crippen LogP contribution is 2.28. The lowest BCUT2D eigenvalue weighted by Crippen LogP contribution is -2.30. The van der Waals surface area contributed by atoms with Gasteiger partial charge in [-0.2, -0.15) is 9.57 Å². The first-order chi connectivity index (χ1) is 12.4. The quantitative estimate of drug-likeness (QED) is 0.545. The highest BCUT2D eigenvalue weighted by Gasteiger charge is 2.30. The predicted octanol–water partition coefficient (Wildman–Crippen LogP) is 1.31. The summed E-state index contributed by atoms with van der Waals surface area (Å²) in [6.07, 6.45) is 1.70. The predicted molar refractivity (Wildman–Crippen MR) is 93.0 cm³/mol. The van der Waals surface area contributed by atoms with Crippen molar-refractivity contribution in [1.29, 1.82) is 5.26 Å². The summed E-state index contributed by atoms with van der Waals surface area (Å²) >= 11 is 6.01. The van der Waals surface area contributed by atoms with Crippen molar-refractivity contribution in [3.63, 3.8) is 0 Å². The number of nitrogens with zero attached hydrogens (tertiary/aromatic N) is 2.